The third kappa shape index (κ3) is 4.77. The molecule has 1 aromatic heterocycles. The van der Waals surface area contributed by atoms with Gasteiger partial charge in [-0.1, -0.05) is 42.5 Å². The van der Waals surface area contributed by atoms with Crippen LogP contribution >= 0.6 is 0 Å². The maximum atomic E-state index is 12.2. The van der Waals surface area contributed by atoms with Gasteiger partial charge in [-0.25, -0.2) is 0 Å². The summed E-state index contributed by atoms with van der Waals surface area (Å²) < 4.78 is 1.91. The average molecular weight is 397 g/mol. The second-order valence-electron chi connectivity index (χ2n) is 5.99. The lowest BCUT2D eigenvalue weighted by Crippen LogP contribution is -3.00. The van der Waals surface area contributed by atoms with E-state index in [1.54, 1.807) is 0 Å². The van der Waals surface area contributed by atoms with Crippen LogP contribution in [0.15, 0.2) is 79.1 Å². The molecule has 128 valence electrons. The zero-order chi connectivity index (χ0) is 16.9. The molecule has 0 aliphatic rings. The molecule has 0 aliphatic heterocycles. The fraction of sp³-hybridized carbons (Fsp3) is 0.143. The van der Waals surface area contributed by atoms with Gasteiger partial charge in [0.1, 0.15) is 0 Å². The summed E-state index contributed by atoms with van der Waals surface area (Å²) in [6, 6.07) is 21.9. The van der Waals surface area contributed by atoms with E-state index in [1.165, 1.54) is 11.3 Å². The van der Waals surface area contributed by atoms with Crippen molar-refractivity contribution in [1.29, 1.82) is 0 Å². The number of carbonyl (C=O) groups is 1. The number of halogens is 1. The fourth-order valence-electron chi connectivity index (χ4n) is 2.59. The lowest BCUT2D eigenvalue weighted by Gasteiger charge is -2.12. The van der Waals surface area contributed by atoms with Crippen LogP contribution in [0.25, 0.3) is 11.1 Å². The standard InChI is InChI=1S/C21H21N2O.BrH/c1-22(2)20-10-8-17(9-11-20)18-12-14-23(15-13-18)16-21(24)19-6-4-3-5-7-19;/h3-15H,16H2,1-2H3;1H/q+1;/p-1. The topological polar surface area (TPSA) is 24.2 Å². The maximum absolute atomic E-state index is 12.2. The zero-order valence-electron chi connectivity index (χ0n) is 14.4. The monoisotopic (exact) mass is 396 g/mol. The number of ketones is 1. The van der Waals surface area contributed by atoms with Crippen molar-refractivity contribution in [3.05, 3.63) is 84.7 Å². The van der Waals surface area contributed by atoms with Gasteiger partial charge in [0.05, 0.1) is 0 Å². The third-order valence-corrected chi connectivity index (χ3v) is 4.03. The first-order valence-corrected chi connectivity index (χ1v) is 7.98. The normalized spacial score (nSPS) is 10.0. The highest BCUT2D eigenvalue weighted by atomic mass is 79.9. The number of anilines is 1. The van der Waals surface area contributed by atoms with Crippen LogP contribution in [0.3, 0.4) is 0 Å². The van der Waals surface area contributed by atoms with Crippen molar-refractivity contribution >= 4 is 11.5 Å². The summed E-state index contributed by atoms with van der Waals surface area (Å²) in [4.78, 5) is 14.3. The molecule has 0 saturated heterocycles. The number of nitrogens with zero attached hydrogens (tertiary/aromatic N) is 2. The Morgan fingerprint density at radius 3 is 1.96 bits per heavy atom. The summed E-state index contributed by atoms with van der Waals surface area (Å²) >= 11 is 0. The number of benzene rings is 2. The predicted octanol–water partition coefficient (Wildman–Crippen LogP) is 0.594. The molecule has 1 heterocycles. The van der Waals surface area contributed by atoms with E-state index in [9.17, 15) is 4.79 Å². The number of carbonyl (C=O) groups excluding carboxylic acids is 1. The summed E-state index contributed by atoms with van der Waals surface area (Å²) in [6.07, 6.45) is 3.91. The molecule has 25 heavy (non-hydrogen) atoms. The molecule has 0 amide bonds. The van der Waals surface area contributed by atoms with E-state index in [0.717, 1.165) is 11.1 Å². The highest BCUT2D eigenvalue weighted by molar-refractivity contribution is 5.94. The minimum absolute atomic E-state index is 0. The molecule has 0 radical (unpaired) electrons. The minimum atomic E-state index is 0. The average Bonchev–Trinajstić information content (AvgIpc) is 2.63. The first kappa shape index (κ1) is 18.9. The van der Waals surface area contributed by atoms with Gasteiger partial charge in [-0.2, -0.15) is 4.57 Å². The van der Waals surface area contributed by atoms with Gasteiger partial charge in [0.25, 0.3) is 0 Å². The molecule has 0 bridgehead atoms. The molecule has 2 aromatic carbocycles. The summed E-state index contributed by atoms with van der Waals surface area (Å²) in [6.45, 7) is 0.351. The lowest BCUT2D eigenvalue weighted by molar-refractivity contribution is -0.683. The molecule has 3 rings (SSSR count). The molecule has 3 aromatic rings. The Morgan fingerprint density at radius 2 is 1.40 bits per heavy atom. The van der Waals surface area contributed by atoms with E-state index in [0.29, 0.717) is 6.54 Å². The molecule has 0 unspecified atom stereocenters. The second kappa shape index (κ2) is 8.58. The van der Waals surface area contributed by atoms with Gasteiger partial charge in [-0.15, -0.1) is 0 Å². The number of pyridine rings is 1. The van der Waals surface area contributed by atoms with Gasteiger partial charge in [0, 0.05) is 37.5 Å². The molecule has 4 heteroatoms. The molecule has 0 aliphatic carbocycles. The van der Waals surface area contributed by atoms with Crippen molar-refractivity contribution < 1.29 is 26.3 Å². The number of Topliss-reactive ketones (excluding diaryl/α,β-unsaturated/α-hetero) is 1. The van der Waals surface area contributed by atoms with Crippen molar-refractivity contribution in [3.63, 3.8) is 0 Å². The van der Waals surface area contributed by atoms with E-state index >= 15 is 0 Å². The molecule has 0 saturated carbocycles. The molecule has 0 fully saturated rings. The number of hydrogen-bond donors (Lipinski definition) is 0. The maximum Gasteiger partial charge on any atom is 0.227 e. The van der Waals surface area contributed by atoms with Gasteiger partial charge in [-0.3, -0.25) is 4.79 Å². The molecule has 0 atom stereocenters. The molecular weight excluding hydrogens is 376 g/mol. The van der Waals surface area contributed by atoms with Crippen molar-refractivity contribution in [1.82, 2.24) is 0 Å². The smallest absolute Gasteiger partial charge is 0.227 e. The first-order chi connectivity index (χ1) is 11.6. The van der Waals surface area contributed by atoms with Gasteiger partial charge in [-0.05, 0) is 23.3 Å². The predicted molar refractivity (Wildman–Crippen MR) is 97.2 cm³/mol. The van der Waals surface area contributed by atoms with Gasteiger partial charge in [0.2, 0.25) is 12.3 Å². The van der Waals surface area contributed by atoms with Crippen LogP contribution in [0, 0.1) is 0 Å². The van der Waals surface area contributed by atoms with Crippen LogP contribution in [-0.4, -0.2) is 19.9 Å². The molecule has 0 spiro atoms. The number of rotatable bonds is 5. The van der Waals surface area contributed by atoms with Crippen LogP contribution in [0.1, 0.15) is 10.4 Å². The summed E-state index contributed by atoms with van der Waals surface area (Å²) in [5.41, 5.74) is 4.23. The molecular formula is C21H21BrN2O. The van der Waals surface area contributed by atoms with Crippen LogP contribution in [0.4, 0.5) is 5.69 Å². The summed E-state index contributed by atoms with van der Waals surface area (Å²) in [5, 5.41) is 0. The highest BCUT2D eigenvalue weighted by Crippen LogP contribution is 2.21. The summed E-state index contributed by atoms with van der Waals surface area (Å²) in [5.74, 6) is 0.115. The van der Waals surface area contributed by atoms with Crippen LogP contribution in [0.2, 0.25) is 0 Å². The van der Waals surface area contributed by atoms with E-state index in [-0.39, 0.29) is 22.8 Å². The van der Waals surface area contributed by atoms with E-state index in [1.807, 2.05) is 73.5 Å². The zero-order valence-corrected chi connectivity index (χ0v) is 16.0. The Balaban J connectivity index is 0.00000225. The first-order valence-electron chi connectivity index (χ1n) is 7.98. The highest BCUT2D eigenvalue weighted by Gasteiger charge is 2.11. The van der Waals surface area contributed by atoms with Crippen molar-refractivity contribution in [2.75, 3.05) is 19.0 Å². The van der Waals surface area contributed by atoms with Gasteiger partial charge >= 0.3 is 0 Å². The van der Waals surface area contributed by atoms with Gasteiger partial charge in [0.15, 0.2) is 12.4 Å². The summed E-state index contributed by atoms with van der Waals surface area (Å²) in [7, 11) is 4.06. The SMILES string of the molecule is CN(C)c1ccc(-c2cc[n+](CC(=O)c3ccccc3)cc2)cc1.[Br-]. The number of hydrogen-bond acceptors (Lipinski definition) is 2. The molecule has 3 nitrogen and oxygen atoms in total. The van der Waals surface area contributed by atoms with Crippen molar-refractivity contribution in [2.24, 2.45) is 0 Å². The number of aromatic nitrogens is 1. The van der Waals surface area contributed by atoms with Gasteiger partial charge < -0.3 is 21.9 Å². The van der Waals surface area contributed by atoms with E-state index < -0.39 is 0 Å². The Labute approximate surface area is 159 Å². The van der Waals surface area contributed by atoms with Crippen molar-refractivity contribution in [2.45, 2.75) is 6.54 Å². The van der Waals surface area contributed by atoms with E-state index in [4.69, 9.17) is 0 Å². The van der Waals surface area contributed by atoms with Crippen LogP contribution < -0.4 is 26.4 Å². The van der Waals surface area contributed by atoms with E-state index in [2.05, 4.69) is 29.2 Å². The Bertz CT molecular complexity index is 813. The van der Waals surface area contributed by atoms with Crippen LogP contribution in [-0.2, 0) is 6.54 Å². The second-order valence-corrected chi connectivity index (χ2v) is 5.99. The Hall–Kier alpha value is -2.46. The Kier molecular flexibility index (Phi) is 6.48. The van der Waals surface area contributed by atoms with Crippen LogP contribution in [0.5, 0.6) is 0 Å². The largest absolute Gasteiger partial charge is 1.00 e. The Morgan fingerprint density at radius 1 is 0.840 bits per heavy atom. The fourth-order valence-corrected chi connectivity index (χ4v) is 2.59. The lowest BCUT2D eigenvalue weighted by atomic mass is 10.1. The molecule has 0 N–H and O–H groups in total. The third-order valence-electron chi connectivity index (χ3n) is 4.03. The van der Waals surface area contributed by atoms with Crippen molar-refractivity contribution in [3.8, 4) is 11.1 Å². The quantitative estimate of drug-likeness (QED) is 0.465. The minimum Gasteiger partial charge on any atom is -1.00 e.